The van der Waals surface area contributed by atoms with Gasteiger partial charge < -0.3 is 9.47 Å². The summed E-state index contributed by atoms with van der Waals surface area (Å²) in [5.41, 5.74) is 3.79. The van der Waals surface area contributed by atoms with E-state index in [1.807, 2.05) is 36.4 Å². The molecule has 1 aliphatic rings. The van der Waals surface area contributed by atoms with E-state index in [1.165, 1.54) is 0 Å². The number of benzene rings is 3. The van der Waals surface area contributed by atoms with Crippen LogP contribution in [0.5, 0.6) is 11.5 Å². The molecule has 0 saturated heterocycles. The minimum Gasteiger partial charge on any atom is -0.497 e. The minimum atomic E-state index is -0.447. The second kappa shape index (κ2) is 7.53. The van der Waals surface area contributed by atoms with E-state index < -0.39 is 5.97 Å². The topological polar surface area (TPSA) is 52.6 Å². The summed E-state index contributed by atoms with van der Waals surface area (Å²) in [6.07, 6.45) is 2.47. The molecule has 1 aliphatic carbocycles. The fraction of sp³-hybridized carbons (Fsp3) is 0.0833. The molecule has 0 aliphatic heterocycles. The number of hydrogen-bond donors (Lipinski definition) is 0. The summed E-state index contributed by atoms with van der Waals surface area (Å²) in [7, 11) is 1.57. The maximum absolute atomic E-state index is 12.5. The molecule has 0 unspecified atom stereocenters. The molecule has 0 heterocycles. The van der Waals surface area contributed by atoms with Gasteiger partial charge in [-0.3, -0.25) is 4.79 Å². The van der Waals surface area contributed by atoms with E-state index in [1.54, 1.807) is 49.6 Å². The largest absolute Gasteiger partial charge is 0.497 e. The molecule has 0 bridgehead atoms. The number of esters is 1. The van der Waals surface area contributed by atoms with E-state index in [0.29, 0.717) is 23.5 Å². The standard InChI is InChI=1S/C24H18O4/c1-27-20-11-9-17(10-12-20)24(26)28-21-7-4-5-16(14-21)13-19-15-18-6-2-3-8-22(18)23(19)25/h2-14H,15H2,1H3/b19-13+. The van der Waals surface area contributed by atoms with Gasteiger partial charge in [0, 0.05) is 17.6 Å². The first-order valence-corrected chi connectivity index (χ1v) is 8.93. The fourth-order valence-electron chi connectivity index (χ4n) is 3.23. The molecule has 0 aromatic heterocycles. The zero-order chi connectivity index (χ0) is 19.5. The number of rotatable bonds is 4. The Kier molecular flexibility index (Phi) is 4.77. The van der Waals surface area contributed by atoms with E-state index in [4.69, 9.17) is 9.47 Å². The second-order valence-corrected chi connectivity index (χ2v) is 6.52. The number of allylic oxidation sites excluding steroid dienone is 1. The summed E-state index contributed by atoms with van der Waals surface area (Å²) < 4.78 is 10.6. The molecule has 0 N–H and O–H groups in total. The fourth-order valence-corrected chi connectivity index (χ4v) is 3.23. The quantitative estimate of drug-likeness (QED) is 0.378. The average Bonchev–Trinajstić information content (AvgIpc) is 3.04. The van der Waals surface area contributed by atoms with Crippen molar-refractivity contribution in [2.75, 3.05) is 7.11 Å². The highest BCUT2D eigenvalue weighted by atomic mass is 16.5. The molecule has 28 heavy (non-hydrogen) atoms. The smallest absolute Gasteiger partial charge is 0.343 e. The number of carbonyl (C=O) groups excluding carboxylic acids is 2. The van der Waals surface area contributed by atoms with E-state index in [2.05, 4.69) is 0 Å². The third-order valence-electron chi connectivity index (χ3n) is 4.67. The molecule has 0 atom stereocenters. The molecular weight excluding hydrogens is 352 g/mol. The zero-order valence-corrected chi connectivity index (χ0v) is 15.3. The van der Waals surface area contributed by atoms with Crippen LogP contribution >= 0.6 is 0 Å². The van der Waals surface area contributed by atoms with Gasteiger partial charge in [0.05, 0.1) is 12.7 Å². The Morgan fingerprint density at radius 1 is 0.929 bits per heavy atom. The van der Waals surface area contributed by atoms with Crippen LogP contribution < -0.4 is 9.47 Å². The first-order valence-electron chi connectivity index (χ1n) is 8.93. The van der Waals surface area contributed by atoms with Gasteiger partial charge in [-0.05, 0) is 53.6 Å². The van der Waals surface area contributed by atoms with Crippen LogP contribution in [0.1, 0.15) is 31.8 Å². The van der Waals surface area contributed by atoms with Crippen LogP contribution in [0.4, 0.5) is 0 Å². The van der Waals surface area contributed by atoms with Crippen LogP contribution in [0, 0.1) is 0 Å². The number of ether oxygens (including phenoxy) is 2. The van der Waals surface area contributed by atoms with Crippen molar-refractivity contribution in [3.05, 3.63) is 101 Å². The van der Waals surface area contributed by atoms with Crippen LogP contribution in [-0.4, -0.2) is 18.9 Å². The Labute approximate surface area is 163 Å². The average molecular weight is 370 g/mol. The summed E-state index contributed by atoms with van der Waals surface area (Å²) in [5, 5.41) is 0. The summed E-state index contributed by atoms with van der Waals surface area (Å²) in [5.74, 6) is 0.707. The molecule has 138 valence electrons. The van der Waals surface area contributed by atoms with Gasteiger partial charge in [-0.15, -0.1) is 0 Å². The van der Waals surface area contributed by atoms with Gasteiger partial charge in [-0.2, -0.15) is 0 Å². The molecule has 4 rings (SSSR count). The summed E-state index contributed by atoms with van der Waals surface area (Å²) in [6.45, 7) is 0. The van der Waals surface area contributed by atoms with Gasteiger partial charge in [0.15, 0.2) is 5.78 Å². The van der Waals surface area contributed by atoms with Gasteiger partial charge in [-0.25, -0.2) is 4.79 Å². The Hall–Kier alpha value is -3.66. The van der Waals surface area contributed by atoms with Crippen molar-refractivity contribution >= 4 is 17.8 Å². The van der Waals surface area contributed by atoms with Gasteiger partial charge in [0.2, 0.25) is 0 Å². The lowest BCUT2D eigenvalue weighted by atomic mass is 10.1. The first kappa shape index (κ1) is 17.7. The van der Waals surface area contributed by atoms with Crippen molar-refractivity contribution < 1.29 is 19.1 Å². The van der Waals surface area contributed by atoms with Gasteiger partial charge >= 0.3 is 5.97 Å². The Morgan fingerprint density at radius 3 is 2.46 bits per heavy atom. The van der Waals surface area contributed by atoms with Crippen molar-refractivity contribution in [3.8, 4) is 11.5 Å². The molecule has 3 aromatic rings. The molecule has 0 amide bonds. The van der Waals surface area contributed by atoms with Crippen molar-refractivity contribution in [1.82, 2.24) is 0 Å². The highest BCUT2D eigenvalue weighted by molar-refractivity contribution is 6.15. The molecule has 3 aromatic carbocycles. The molecule has 4 nitrogen and oxygen atoms in total. The number of methoxy groups -OCH3 is 1. The number of carbonyl (C=O) groups is 2. The Bertz CT molecular complexity index is 1080. The molecule has 4 heteroatoms. The van der Waals surface area contributed by atoms with Gasteiger partial charge in [-0.1, -0.05) is 36.4 Å². The lowest BCUT2D eigenvalue weighted by Crippen LogP contribution is -2.08. The van der Waals surface area contributed by atoms with Crippen LogP contribution in [-0.2, 0) is 6.42 Å². The van der Waals surface area contributed by atoms with E-state index in [-0.39, 0.29) is 5.78 Å². The number of ketones is 1. The zero-order valence-electron chi connectivity index (χ0n) is 15.3. The van der Waals surface area contributed by atoms with E-state index >= 15 is 0 Å². The van der Waals surface area contributed by atoms with Crippen LogP contribution in [0.2, 0.25) is 0 Å². The van der Waals surface area contributed by atoms with Crippen molar-refractivity contribution in [3.63, 3.8) is 0 Å². The lowest BCUT2D eigenvalue weighted by molar-refractivity contribution is 0.0734. The van der Waals surface area contributed by atoms with E-state index in [9.17, 15) is 9.59 Å². The molecule has 0 saturated carbocycles. The third-order valence-corrected chi connectivity index (χ3v) is 4.67. The second-order valence-electron chi connectivity index (χ2n) is 6.52. The monoisotopic (exact) mass is 370 g/mol. The maximum Gasteiger partial charge on any atom is 0.343 e. The van der Waals surface area contributed by atoms with Crippen molar-refractivity contribution in [2.45, 2.75) is 6.42 Å². The van der Waals surface area contributed by atoms with Gasteiger partial charge in [0.1, 0.15) is 11.5 Å². The highest BCUT2D eigenvalue weighted by Gasteiger charge is 2.23. The summed E-state index contributed by atoms with van der Waals surface area (Å²) in [6, 6.07) is 21.5. The molecule has 0 fully saturated rings. The van der Waals surface area contributed by atoms with Crippen LogP contribution in [0.25, 0.3) is 6.08 Å². The van der Waals surface area contributed by atoms with Crippen LogP contribution in [0.15, 0.2) is 78.4 Å². The first-order chi connectivity index (χ1) is 13.6. The van der Waals surface area contributed by atoms with Gasteiger partial charge in [0.25, 0.3) is 0 Å². The van der Waals surface area contributed by atoms with Crippen molar-refractivity contribution in [2.24, 2.45) is 0 Å². The molecular formula is C24H18O4. The third kappa shape index (κ3) is 3.58. The number of fused-ring (bicyclic) bond motifs is 1. The molecule has 0 radical (unpaired) electrons. The van der Waals surface area contributed by atoms with Crippen molar-refractivity contribution in [1.29, 1.82) is 0 Å². The molecule has 0 spiro atoms. The number of hydrogen-bond acceptors (Lipinski definition) is 4. The lowest BCUT2D eigenvalue weighted by Gasteiger charge is -2.06. The normalized spacial score (nSPS) is 14.0. The van der Waals surface area contributed by atoms with E-state index in [0.717, 1.165) is 22.3 Å². The predicted octanol–water partition coefficient (Wildman–Crippen LogP) is 4.74. The summed E-state index contributed by atoms with van der Waals surface area (Å²) in [4.78, 5) is 24.9. The minimum absolute atomic E-state index is 0.0521. The number of Topliss-reactive ketones (excluding diaryl/α,β-unsaturated/α-hetero) is 1. The SMILES string of the molecule is COc1ccc(C(=O)Oc2cccc(/C=C3\Cc4ccccc4C3=O)c2)cc1. The summed E-state index contributed by atoms with van der Waals surface area (Å²) >= 11 is 0. The van der Waals surface area contributed by atoms with Crippen LogP contribution in [0.3, 0.4) is 0 Å². The predicted molar refractivity (Wildman–Crippen MR) is 107 cm³/mol. The maximum atomic E-state index is 12.5. The Morgan fingerprint density at radius 2 is 1.71 bits per heavy atom. The Balaban J connectivity index is 1.52. The highest BCUT2D eigenvalue weighted by Crippen LogP contribution is 2.28.